The van der Waals surface area contributed by atoms with Gasteiger partial charge in [-0.05, 0) is 12.8 Å². The van der Waals surface area contributed by atoms with Crippen LogP contribution in [0.5, 0.6) is 0 Å². The van der Waals surface area contributed by atoms with Gasteiger partial charge in [0, 0.05) is 18.2 Å². The van der Waals surface area contributed by atoms with E-state index >= 15 is 0 Å². The van der Waals surface area contributed by atoms with E-state index in [1.807, 2.05) is 0 Å². The number of carbonyl (C=O) groups is 1. The third-order valence-corrected chi connectivity index (χ3v) is 3.69. The van der Waals surface area contributed by atoms with Crippen molar-refractivity contribution in [3.05, 3.63) is 39.9 Å². The molecule has 6 nitrogen and oxygen atoms in total. The Hall–Kier alpha value is -1.95. The highest BCUT2D eigenvalue weighted by molar-refractivity contribution is 5.79. The second-order valence-corrected chi connectivity index (χ2v) is 5.27. The van der Waals surface area contributed by atoms with E-state index in [2.05, 4.69) is 5.32 Å². The van der Waals surface area contributed by atoms with Crippen molar-refractivity contribution in [2.24, 2.45) is 0 Å². The molecule has 0 atom stereocenters. The van der Waals surface area contributed by atoms with Gasteiger partial charge in [0.1, 0.15) is 0 Å². The van der Waals surface area contributed by atoms with E-state index in [4.69, 9.17) is 0 Å². The number of hydrogen-bond donors (Lipinski definition) is 2. The highest BCUT2D eigenvalue weighted by Crippen LogP contribution is 2.28. The maximum absolute atomic E-state index is 11.8. The average molecular weight is 278 g/mol. The van der Waals surface area contributed by atoms with Gasteiger partial charge in [-0.3, -0.25) is 14.9 Å². The molecule has 1 aliphatic carbocycles. The topological polar surface area (TPSA) is 92.5 Å². The summed E-state index contributed by atoms with van der Waals surface area (Å²) in [5, 5.41) is 23.6. The minimum atomic E-state index is -0.807. The SMILES string of the molecule is O=C(Cc1ccccc1[N+](=O)[O-])NCC1(O)CCCC1. The first kappa shape index (κ1) is 14.5. The van der Waals surface area contributed by atoms with Crippen LogP contribution in [0.2, 0.25) is 0 Å². The van der Waals surface area contributed by atoms with Gasteiger partial charge in [0.05, 0.1) is 16.9 Å². The van der Waals surface area contributed by atoms with Crippen molar-refractivity contribution >= 4 is 11.6 Å². The average Bonchev–Trinajstić information content (AvgIpc) is 2.84. The second kappa shape index (κ2) is 6.00. The number of nitro benzene ring substituents is 1. The summed E-state index contributed by atoms with van der Waals surface area (Å²) in [7, 11) is 0. The van der Waals surface area contributed by atoms with Crippen molar-refractivity contribution in [1.29, 1.82) is 0 Å². The number of para-hydroxylation sites is 1. The molecule has 2 N–H and O–H groups in total. The number of nitrogens with one attached hydrogen (secondary N) is 1. The van der Waals surface area contributed by atoms with Crippen molar-refractivity contribution in [3.63, 3.8) is 0 Å². The lowest BCUT2D eigenvalue weighted by Gasteiger charge is -2.22. The minimum absolute atomic E-state index is 0.0484. The predicted octanol–water partition coefficient (Wildman–Crippen LogP) is 1.56. The lowest BCUT2D eigenvalue weighted by atomic mass is 10.0. The number of carbonyl (C=O) groups excluding carboxylic acids is 1. The Kier molecular flexibility index (Phi) is 4.34. The van der Waals surface area contributed by atoms with E-state index in [9.17, 15) is 20.0 Å². The predicted molar refractivity (Wildman–Crippen MR) is 73.2 cm³/mol. The van der Waals surface area contributed by atoms with E-state index in [1.165, 1.54) is 6.07 Å². The number of rotatable bonds is 5. The third-order valence-electron chi connectivity index (χ3n) is 3.69. The van der Waals surface area contributed by atoms with Crippen LogP contribution in [0.3, 0.4) is 0 Å². The van der Waals surface area contributed by atoms with Crippen molar-refractivity contribution in [2.45, 2.75) is 37.7 Å². The van der Waals surface area contributed by atoms with Crippen LogP contribution < -0.4 is 5.32 Å². The molecule has 20 heavy (non-hydrogen) atoms. The quantitative estimate of drug-likeness (QED) is 0.631. The van der Waals surface area contributed by atoms with E-state index in [-0.39, 0.29) is 24.6 Å². The summed E-state index contributed by atoms with van der Waals surface area (Å²) < 4.78 is 0. The maximum atomic E-state index is 11.8. The van der Waals surface area contributed by atoms with Gasteiger partial charge in [-0.1, -0.05) is 31.0 Å². The number of nitro groups is 1. The minimum Gasteiger partial charge on any atom is -0.388 e. The Morgan fingerprint density at radius 2 is 2.00 bits per heavy atom. The fraction of sp³-hybridized carbons (Fsp3) is 0.500. The lowest BCUT2D eigenvalue weighted by molar-refractivity contribution is -0.385. The molecule has 0 spiro atoms. The van der Waals surface area contributed by atoms with Crippen molar-refractivity contribution < 1.29 is 14.8 Å². The summed E-state index contributed by atoms with van der Waals surface area (Å²) in [6.45, 7) is 0.215. The first-order chi connectivity index (χ1) is 9.50. The molecule has 0 saturated heterocycles. The Balaban J connectivity index is 1.93. The van der Waals surface area contributed by atoms with Crippen LogP contribution >= 0.6 is 0 Å². The van der Waals surface area contributed by atoms with Gasteiger partial charge in [0.2, 0.25) is 5.91 Å². The molecular formula is C14H18N2O4. The fourth-order valence-corrected chi connectivity index (χ4v) is 2.55. The molecule has 1 fully saturated rings. The molecule has 0 radical (unpaired) electrons. The molecule has 0 heterocycles. The largest absolute Gasteiger partial charge is 0.388 e. The molecule has 1 aromatic carbocycles. The third kappa shape index (κ3) is 3.54. The monoisotopic (exact) mass is 278 g/mol. The Labute approximate surface area is 117 Å². The molecule has 1 saturated carbocycles. The normalized spacial score (nSPS) is 16.9. The van der Waals surface area contributed by atoms with Gasteiger partial charge >= 0.3 is 0 Å². The van der Waals surface area contributed by atoms with Crippen LogP contribution in [0.15, 0.2) is 24.3 Å². The molecule has 2 rings (SSSR count). The van der Waals surface area contributed by atoms with Crippen LogP contribution in [0.1, 0.15) is 31.2 Å². The van der Waals surface area contributed by atoms with Gasteiger partial charge in [-0.15, -0.1) is 0 Å². The van der Waals surface area contributed by atoms with E-state index in [1.54, 1.807) is 18.2 Å². The standard InChI is InChI=1S/C14H18N2O4/c17-13(15-10-14(18)7-3-4-8-14)9-11-5-1-2-6-12(11)16(19)20/h1-2,5-6,18H,3-4,7-10H2,(H,15,17). The van der Waals surface area contributed by atoms with E-state index < -0.39 is 10.5 Å². The number of hydrogen-bond acceptors (Lipinski definition) is 4. The summed E-state index contributed by atoms with van der Waals surface area (Å²) in [5.41, 5.74) is -0.478. The molecular weight excluding hydrogens is 260 g/mol. The number of benzene rings is 1. The molecule has 6 heteroatoms. The van der Waals surface area contributed by atoms with Gasteiger partial charge in [0.15, 0.2) is 0 Å². The maximum Gasteiger partial charge on any atom is 0.273 e. The van der Waals surface area contributed by atoms with E-state index in [0.717, 1.165) is 12.8 Å². The van der Waals surface area contributed by atoms with Crippen LogP contribution in [0.4, 0.5) is 5.69 Å². The zero-order valence-electron chi connectivity index (χ0n) is 11.2. The first-order valence-corrected chi connectivity index (χ1v) is 6.72. The van der Waals surface area contributed by atoms with E-state index in [0.29, 0.717) is 18.4 Å². The number of aliphatic hydroxyl groups is 1. The zero-order valence-corrected chi connectivity index (χ0v) is 11.2. The summed E-state index contributed by atoms with van der Waals surface area (Å²) in [6.07, 6.45) is 3.28. The van der Waals surface area contributed by atoms with Crippen LogP contribution in [0, 0.1) is 10.1 Å². The molecule has 1 aromatic rings. The second-order valence-electron chi connectivity index (χ2n) is 5.27. The summed E-state index contributed by atoms with van der Waals surface area (Å²) in [5.74, 6) is -0.306. The van der Waals surface area contributed by atoms with Gasteiger partial charge in [-0.25, -0.2) is 0 Å². The number of amides is 1. The Morgan fingerprint density at radius 3 is 2.65 bits per heavy atom. The Morgan fingerprint density at radius 1 is 1.35 bits per heavy atom. The van der Waals surface area contributed by atoms with Crippen molar-refractivity contribution in [3.8, 4) is 0 Å². The smallest absolute Gasteiger partial charge is 0.273 e. The number of nitrogens with zero attached hydrogens (tertiary/aromatic N) is 1. The lowest BCUT2D eigenvalue weighted by Crippen LogP contribution is -2.41. The van der Waals surface area contributed by atoms with Gasteiger partial charge < -0.3 is 10.4 Å². The van der Waals surface area contributed by atoms with Crippen molar-refractivity contribution in [1.82, 2.24) is 5.32 Å². The van der Waals surface area contributed by atoms with Crippen molar-refractivity contribution in [2.75, 3.05) is 6.54 Å². The van der Waals surface area contributed by atoms with Crippen LogP contribution in [-0.4, -0.2) is 28.1 Å². The summed E-state index contributed by atoms with van der Waals surface area (Å²) >= 11 is 0. The highest BCUT2D eigenvalue weighted by atomic mass is 16.6. The van der Waals surface area contributed by atoms with Crippen LogP contribution in [-0.2, 0) is 11.2 Å². The molecule has 0 bridgehead atoms. The Bertz CT molecular complexity index is 510. The molecule has 1 aliphatic rings. The molecule has 1 amide bonds. The molecule has 0 aliphatic heterocycles. The molecule has 0 aromatic heterocycles. The van der Waals surface area contributed by atoms with Gasteiger partial charge in [0.25, 0.3) is 5.69 Å². The zero-order chi connectivity index (χ0) is 14.6. The molecule has 0 unspecified atom stereocenters. The van der Waals surface area contributed by atoms with Gasteiger partial charge in [-0.2, -0.15) is 0 Å². The fourth-order valence-electron chi connectivity index (χ4n) is 2.55. The van der Waals surface area contributed by atoms with Crippen LogP contribution in [0.25, 0.3) is 0 Å². The highest BCUT2D eigenvalue weighted by Gasteiger charge is 2.31. The summed E-state index contributed by atoms with van der Waals surface area (Å²) in [4.78, 5) is 22.2. The summed E-state index contributed by atoms with van der Waals surface area (Å²) in [6, 6.07) is 6.19. The first-order valence-electron chi connectivity index (χ1n) is 6.72. The molecule has 108 valence electrons.